The molecule has 0 saturated carbocycles. The van der Waals surface area contributed by atoms with E-state index in [1.165, 1.54) is 12.8 Å². The zero-order valence-electron chi connectivity index (χ0n) is 12.9. The number of hydrogen-bond acceptors (Lipinski definition) is 5. The highest BCUT2D eigenvalue weighted by atomic mass is 16.5. The van der Waals surface area contributed by atoms with Crippen LogP contribution in [0.15, 0.2) is 36.4 Å². The molecule has 2 heterocycles. The third-order valence-corrected chi connectivity index (χ3v) is 4.08. The zero-order chi connectivity index (χ0) is 15.2. The second-order valence-corrected chi connectivity index (χ2v) is 5.61. The van der Waals surface area contributed by atoms with Crippen molar-refractivity contribution in [3.05, 3.63) is 36.4 Å². The van der Waals surface area contributed by atoms with Crippen molar-refractivity contribution in [2.45, 2.75) is 12.8 Å². The summed E-state index contributed by atoms with van der Waals surface area (Å²) in [6.45, 7) is 3.21. The minimum absolute atomic E-state index is 0.726. The van der Waals surface area contributed by atoms with E-state index in [-0.39, 0.29) is 0 Å². The molecule has 116 valence electrons. The SMILES string of the molecule is COc1ccc(-c2ccc(NCC3CCNCC3)nn2)cc1. The van der Waals surface area contributed by atoms with Crippen LogP contribution in [0.25, 0.3) is 11.3 Å². The highest BCUT2D eigenvalue weighted by molar-refractivity contribution is 5.60. The molecule has 1 aromatic carbocycles. The average molecular weight is 298 g/mol. The Kier molecular flexibility index (Phi) is 4.85. The maximum absolute atomic E-state index is 5.16. The average Bonchev–Trinajstić information content (AvgIpc) is 2.61. The molecule has 0 amide bonds. The topological polar surface area (TPSA) is 59.1 Å². The largest absolute Gasteiger partial charge is 0.497 e. The van der Waals surface area contributed by atoms with Gasteiger partial charge in [-0.25, -0.2) is 0 Å². The molecule has 0 bridgehead atoms. The molecule has 2 N–H and O–H groups in total. The number of hydrogen-bond donors (Lipinski definition) is 2. The van der Waals surface area contributed by atoms with Gasteiger partial charge in [-0.2, -0.15) is 0 Å². The summed E-state index contributed by atoms with van der Waals surface area (Å²) in [6, 6.07) is 11.8. The Morgan fingerprint density at radius 2 is 1.86 bits per heavy atom. The Morgan fingerprint density at radius 1 is 1.09 bits per heavy atom. The number of benzene rings is 1. The van der Waals surface area contributed by atoms with Crippen LogP contribution in [0.2, 0.25) is 0 Å². The zero-order valence-corrected chi connectivity index (χ0v) is 12.9. The molecule has 1 aromatic heterocycles. The Hall–Kier alpha value is -2.14. The summed E-state index contributed by atoms with van der Waals surface area (Å²) >= 11 is 0. The Morgan fingerprint density at radius 3 is 2.50 bits per heavy atom. The van der Waals surface area contributed by atoms with Crippen LogP contribution in [0.5, 0.6) is 5.75 Å². The van der Waals surface area contributed by atoms with Gasteiger partial charge < -0.3 is 15.4 Å². The molecule has 5 nitrogen and oxygen atoms in total. The van der Waals surface area contributed by atoms with Crippen LogP contribution in [-0.4, -0.2) is 36.9 Å². The van der Waals surface area contributed by atoms with Crippen LogP contribution in [0.1, 0.15) is 12.8 Å². The fraction of sp³-hybridized carbons (Fsp3) is 0.412. The number of rotatable bonds is 5. The summed E-state index contributed by atoms with van der Waals surface area (Å²) in [5.41, 5.74) is 1.91. The lowest BCUT2D eigenvalue weighted by atomic mass is 9.98. The molecule has 2 aromatic rings. The number of piperidine rings is 1. The molecule has 0 spiro atoms. The highest BCUT2D eigenvalue weighted by Gasteiger charge is 2.12. The number of aromatic nitrogens is 2. The number of methoxy groups -OCH3 is 1. The van der Waals surface area contributed by atoms with E-state index in [0.29, 0.717) is 0 Å². The van der Waals surface area contributed by atoms with Gasteiger partial charge in [-0.1, -0.05) is 0 Å². The number of nitrogens with zero attached hydrogens (tertiary/aromatic N) is 2. The summed E-state index contributed by atoms with van der Waals surface area (Å²) in [5.74, 6) is 2.41. The van der Waals surface area contributed by atoms with Gasteiger partial charge in [0.2, 0.25) is 0 Å². The van der Waals surface area contributed by atoms with Crippen molar-refractivity contribution in [3.8, 4) is 17.0 Å². The molecule has 1 fully saturated rings. The van der Waals surface area contributed by atoms with E-state index in [4.69, 9.17) is 4.74 Å². The smallest absolute Gasteiger partial charge is 0.148 e. The van der Waals surface area contributed by atoms with Gasteiger partial charge in [-0.15, -0.1) is 10.2 Å². The van der Waals surface area contributed by atoms with Gasteiger partial charge in [0.05, 0.1) is 12.8 Å². The van der Waals surface area contributed by atoms with Crippen molar-refractivity contribution < 1.29 is 4.74 Å². The molecule has 5 heteroatoms. The van der Waals surface area contributed by atoms with Gasteiger partial charge in [0.25, 0.3) is 0 Å². The Bertz CT molecular complexity index is 577. The first-order chi connectivity index (χ1) is 10.8. The summed E-state index contributed by atoms with van der Waals surface area (Å²) in [4.78, 5) is 0. The van der Waals surface area contributed by atoms with Crippen LogP contribution in [0.3, 0.4) is 0 Å². The molecular formula is C17H22N4O. The van der Waals surface area contributed by atoms with E-state index < -0.39 is 0 Å². The minimum atomic E-state index is 0.726. The molecule has 3 rings (SSSR count). The quantitative estimate of drug-likeness (QED) is 0.888. The number of nitrogens with one attached hydrogen (secondary N) is 2. The van der Waals surface area contributed by atoms with Gasteiger partial charge >= 0.3 is 0 Å². The fourth-order valence-corrected chi connectivity index (χ4v) is 2.68. The van der Waals surface area contributed by atoms with Crippen molar-refractivity contribution >= 4 is 5.82 Å². The second kappa shape index (κ2) is 7.22. The molecule has 1 aliphatic rings. The van der Waals surface area contributed by atoms with E-state index >= 15 is 0 Å². The number of ether oxygens (including phenoxy) is 1. The molecule has 0 aliphatic carbocycles. The predicted octanol–water partition coefficient (Wildman–Crippen LogP) is 2.56. The van der Waals surface area contributed by atoms with E-state index in [1.54, 1.807) is 7.11 Å². The van der Waals surface area contributed by atoms with Crippen LogP contribution < -0.4 is 15.4 Å². The fourth-order valence-electron chi connectivity index (χ4n) is 2.68. The summed E-state index contributed by atoms with van der Waals surface area (Å²) in [6.07, 6.45) is 2.45. The Labute approximate surface area is 131 Å². The van der Waals surface area contributed by atoms with Crippen molar-refractivity contribution in [3.63, 3.8) is 0 Å². The van der Waals surface area contributed by atoms with Crippen molar-refractivity contribution in [1.82, 2.24) is 15.5 Å². The van der Waals surface area contributed by atoms with Gasteiger partial charge in [-0.3, -0.25) is 0 Å². The van der Waals surface area contributed by atoms with Gasteiger partial charge in [0, 0.05) is 12.1 Å². The lowest BCUT2D eigenvalue weighted by Gasteiger charge is -2.22. The van der Waals surface area contributed by atoms with E-state index in [1.807, 2.05) is 36.4 Å². The second-order valence-electron chi connectivity index (χ2n) is 5.61. The summed E-state index contributed by atoms with van der Waals surface area (Å²) in [5, 5.41) is 15.3. The van der Waals surface area contributed by atoms with Crippen LogP contribution in [0, 0.1) is 5.92 Å². The minimum Gasteiger partial charge on any atom is -0.497 e. The van der Waals surface area contributed by atoms with Crippen LogP contribution in [-0.2, 0) is 0 Å². The lowest BCUT2D eigenvalue weighted by Crippen LogP contribution is -2.31. The number of anilines is 1. The molecule has 22 heavy (non-hydrogen) atoms. The predicted molar refractivity (Wildman–Crippen MR) is 88.1 cm³/mol. The lowest BCUT2D eigenvalue weighted by molar-refractivity contribution is 0.389. The third kappa shape index (κ3) is 3.74. The van der Waals surface area contributed by atoms with Gasteiger partial charge in [0.15, 0.2) is 0 Å². The van der Waals surface area contributed by atoms with Crippen LogP contribution >= 0.6 is 0 Å². The van der Waals surface area contributed by atoms with Gasteiger partial charge in [0.1, 0.15) is 11.6 Å². The molecule has 1 saturated heterocycles. The standard InChI is InChI=1S/C17H22N4O/c1-22-15-4-2-14(3-5-15)16-6-7-17(21-20-16)19-12-13-8-10-18-11-9-13/h2-7,13,18H,8-12H2,1H3,(H,19,21). The van der Waals surface area contributed by atoms with Crippen LogP contribution in [0.4, 0.5) is 5.82 Å². The molecule has 1 aliphatic heterocycles. The molecule has 0 radical (unpaired) electrons. The van der Waals surface area contributed by atoms with Crippen molar-refractivity contribution in [2.24, 2.45) is 5.92 Å². The summed E-state index contributed by atoms with van der Waals surface area (Å²) < 4.78 is 5.16. The van der Waals surface area contributed by atoms with E-state index in [2.05, 4.69) is 20.8 Å². The molecular weight excluding hydrogens is 276 g/mol. The van der Waals surface area contributed by atoms with Gasteiger partial charge in [-0.05, 0) is 68.2 Å². The Balaban J connectivity index is 1.59. The maximum atomic E-state index is 5.16. The van der Waals surface area contributed by atoms with Crippen molar-refractivity contribution in [2.75, 3.05) is 32.1 Å². The summed E-state index contributed by atoms with van der Waals surface area (Å²) in [7, 11) is 1.66. The highest BCUT2D eigenvalue weighted by Crippen LogP contribution is 2.21. The first-order valence-electron chi connectivity index (χ1n) is 7.78. The third-order valence-electron chi connectivity index (χ3n) is 4.08. The van der Waals surface area contributed by atoms with E-state index in [9.17, 15) is 0 Å². The normalized spacial score (nSPS) is 15.5. The van der Waals surface area contributed by atoms with Crippen molar-refractivity contribution in [1.29, 1.82) is 0 Å². The first-order valence-corrected chi connectivity index (χ1v) is 7.78. The first kappa shape index (κ1) is 14.8. The van der Waals surface area contributed by atoms with E-state index in [0.717, 1.165) is 48.4 Å². The monoisotopic (exact) mass is 298 g/mol. The maximum Gasteiger partial charge on any atom is 0.148 e. The molecule has 0 unspecified atom stereocenters. The molecule has 0 atom stereocenters.